The van der Waals surface area contributed by atoms with Crippen LogP contribution in [0.4, 0.5) is 0 Å². The monoisotopic (exact) mass is 395 g/mol. The molecule has 0 aliphatic heterocycles. The summed E-state index contributed by atoms with van der Waals surface area (Å²) >= 11 is 1.42. The van der Waals surface area contributed by atoms with Crippen molar-refractivity contribution in [3.63, 3.8) is 0 Å². The standard InChI is InChI=1S/C21H21N3O3S/c1-26-18-5-3-2-4-16(18)21-24-17(13-28-21)20(25)23-11-15-8-9-19(22-10-15)27-12-14-6-7-14/h2-5,8-10,13-14H,6-7,11-12H2,1H3,(H,23,25). The fraction of sp³-hybridized carbons (Fsp3) is 0.286. The van der Waals surface area contributed by atoms with Crippen LogP contribution in [0.3, 0.4) is 0 Å². The van der Waals surface area contributed by atoms with Gasteiger partial charge in [0.2, 0.25) is 5.88 Å². The van der Waals surface area contributed by atoms with Gasteiger partial charge in [-0.05, 0) is 36.5 Å². The number of ether oxygens (including phenoxy) is 2. The van der Waals surface area contributed by atoms with E-state index >= 15 is 0 Å². The Bertz CT molecular complexity index is 952. The Hall–Kier alpha value is -2.93. The molecule has 2 aromatic heterocycles. The molecule has 0 saturated heterocycles. The number of nitrogens with zero attached hydrogens (tertiary/aromatic N) is 2. The molecule has 0 unspecified atom stereocenters. The molecule has 0 bridgehead atoms. The highest BCUT2D eigenvalue weighted by atomic mass is 32.1. The van der Waals surface area contributed by atoms with Crippen molar-refractivity contribution in [2.24, 2.45) is 5.92 Å². The van der Waals surface area contributed by atoms with Crippen molar-refractivity contribution in [3.8, 4) is 22.2 Å². The third kappa shape index (κ3) is 4.48. The van der Waals surface area contributed by atoms with E-state index in [-0.39, 0.29) is 5.91 Å². The summed E-state index contributed by atoms with van der Waals surface area (Å²) in [7, 11) is 1.62. The van der Waals surface area contributed by atoms with Crippen molar-refractivity contribution >= 4 is 17.2 Å². The van der Waals surface area contributed by atoms with Crippen LogP contribution in [0.2, 0.25) is 0 Å². The van der Waals surface area contributed by atoms with Gasteiger partial charge in [-0.1, -0.05) is 18.2 Å². The van der Waals surface area contributed by atoms with E-state index in [2.05, 4.69) is 15.3 Å². The highest BCUT2D eigenvalue weighted by Gasteiger charge is 2.22. The summed E-state index contributed by atoms with van der Waals surface area (Å²) in [5.74, 6) is 1.84. The van der Waals surface area contributed by atoms with Gasteiger partial charge in [0.05, 0.1) is 19.3 Å². The lowest BCUT2D eigenvalue weighted by atomic mass is 10.2. The molecule has 1 N–H and O–H groups in total. The largest absolute Gasteiger partial charge is 0.496 e. The van der Waals surface area contributed by atoms with E-state index in [9.17, 15) is 4.79 Å². The number of hydrogen-bond donors (Lipinski definition) is 1. The second kappa shape index (κ2) is 8.39. The van der Waals surface area contributed by atoms with Gasteiger partial charge in [0, 0.05) is 24.2 Å². The number of nitrogens with one attached hydrogen (secondary N) is 1. The summed E-state index contributed by atoms with van der Waals surface area (Å²) in [5.41, 5.74) is 2.18. The Morgan fingerprint density at radius 1 is 1.25 bits per heavy atom. The minimum atomic E-state index is -0.216. The molecule has 3 aromatic rings. The molecular formula is C21H21N3O3S. The molecule has 1 amide bonds. The number of rotatable bonds is 8. The molecule has 1 aliphatic rings. The topological polar surface area (TPSA) is 73.3 Å². The van der Waals surface area contributed by atoms with Gasteiger partial charge in [-0.3, -0.25) is 4.79 Å². The van der Waals surface area contributed by atoms with Crippen LogP contribution in [0.1, 0.15) is 28.9 Å². The van der Waals surface area contributed by atoms with Gasteiger partial charge in [-0.2, -0.15) is 0 Å². The molecule has 2 heterocycles. The fourth-order valence-electron chi connectivity index (χ4n) is 2.68. The Morgan fingerprint density at radius 3 is 2.86 bits per heavy atom. The Labute approximate surface area is 167 Å². The zero-order valence-electron chi connectivity index (χ0n) is 15.6. The molecule has 7 heteroatoms. The molecule has 0 atom stereocenters. The molecule has 1 fully saturated rings. The van der Waals surface area contributed by atoms with E-state index in [1.807, 2.05) is 36.4 Å². The maximum Gasteiger partial charge on any atom is 0.271 e. The molecule has 28 heavy (non-hydrogen) atoms. The molecule has 4 rings (SSSR count). The van der Waals surface area contributed by atoms with E-state index in [1.54, 1.807) is 18.7 Å². The third-order valence-electron chi connectivity index (χ3n) is 4.49. The van der Waals surface area contributed by atoms with Crippen LogP contribution in [-0.2, 0) is 6.54 Å². The number of hydrogen-bond acceptors (Lipinski definition) is 6. The molecule has 1 aliphatic carbocycles. The number of pyridine rings is 1. The zero-order valence-corrected chi connectivity index (χ0v) is 16.4. The number of para-hydroxylation sites is 1. The van der Waals surface area contributed by atoms with Crippen LogP contribution in [0.5, 0.6) is 11.6 Å². The maximum absolute atomic E-state index is 12.4. The lowest BCUT2D eigenvalue weighted by Gasteiger charge is -2.06. The van der Waals surface area contributed by atoms with E-state index in [4.69, 9.17) is 9.47 Å². The Morgan fingerprint density at radius 2 is 2.11 bits per heavy atom. The molecule has 0 spiro atoms. The smallest absolute Gasteiger partial charge is 0.271 e. The van der Waals surface area contributed by atoms with Crippen molar-refractivity contribution in [3.05, 3.63) is 59.2 Å². The van der Waals surface area contributed by atoms with Crippen LogP contribution in [0.25, 0.3) is 10.6 Å². The first kappa shape index (κ1) is 18.4. The van der Waals surface area contributed by atoms with Gasteiger partial charge in [0.15, 0.2) is 0 Å². The average molecular weight is 395 g/mol. The molecule has 1 aromatic carbocycles. The van der Waals surface area contributed by atoms with Crippen LogP contribution in [0, 0.1) is 5.92 Å². The summed E-state index contributed by atoms with van der Waals surface area (Å²) in [6, 6.07) is 11.4. The van der Waals surface area contributed by atoms with Gasteiger partial charge in [-0.15, -0.1) is 11.3 Å². The number of carbonyl (C=O) groups is 1. The maximum atomic E-state index is 12.4. The van der Waals surface area contributed by atoms with Crippen molar-refractivity contribution in [2.45, 2.75) is 19.4 Å². The minimum absolute atomic E-state index is 0.216. The van der Waals surface area contributed by atoms with Gasteiger partial charge in [0.1, 0.15) is 16.5 Å². The zero-order chi connectivity index (χ0) is 19.3. The van der Waals surface area contributed by atoms with E-state index in [0.29, 0.717) is 24.0 Å². The lowest BCUT2D eigenvalue weighted by Crippen LogP contribution is -2.23. The third-order valence-corrected chi connectivity index (χ3v) is 5.36. The number of methoxy groups -OCH3 is 1. The second-order valence-electron chi connectivity index (χ2n) is 6.68. The summed E-state index contributed by atoms with van der Waals surface area (Å²) in [6.07, 6.45) is 4.23. The van der Waals surface area contributed by atoms with Crippen molar-refractivity contribution in [1.82, 2.24) is 15.3 Å². The summed E-state index contributed by atoms with van der Waals surface area (Å²) in [4.78, 5) is 21.2. The Balaban J connectivity index is 1.34. The van der Waals surface area contributed by atoms with Crippen molar-refractivity contribution in [2.75, 3.05) is 13.7 Å². The molecule has 6 nitrogen and oxygen atoms in total. The van der Waals surface area contributed by atoms with E-state index < -0.39 is 0 Å². The minimum Gasteiger partial charge on any atom is -0.496 e. The van der Waals surface area contributed by atoms with Crippen LogP contribution < -0.4 is 14.8 Å². The number of benzene rings is 1. The molecule has 0 radical (unpaired) electrons. The summed E-state index contributed by atoms with van der Waals surface area (Å²) in [6.45, 7) is 1.12. The first-order chi connectivity index (χ1) is 13.7. The molecule has 1 saturated carbocycles. The van der Waals surface area contributed by atoms with E-state index in [0.717, 1.165) is 28.5 Å². The number of amides is 1. The van der Waals surface area contributed by atoms with Crippen LogP contribution in [-0.4, -0.2) is 29.6 Å². The van der Waals surface area contributed by atoms with E-state index in [1.165, 1.54) is 24.2 Å². The van der Waals surface area contributed by atoms with Gasteiger partial charge >= 0.3 is 0 Å². The van der Waals surface area contributed by atoms with Crippen LogP contribution in [0.15, 0.2) is 48.0 Å². The SMILES string of the molecule is COc1ccccc1-c1nc(C(=O)NCc2ccc(OCC3CC3)nc2)cs1. The van der Waals surface area contributed by atoms with Gasteiger partial charge < -0.3 is 14.8 Å². The summed E-state index contributed by atoms with van der Waals surface area (Å²) in [5, 5.41) is 5.39. The number of thiazole rings is 1. The van der Waals surface area contributed by atoms with Crippen molar-refractivity contribution < 1.29 is 14.3 Å². The second-order valence-corrected chi connectivity index (χ2v) is 7.54. The quantitative estimate of drug-likeness (QED) is 0.626. The van der Waals surface area contributed by atoms with Crippen molar-refractivity contribution in [1.29, 1.82) is 0 Å². The average Bonchev–Trinajstić information content (AvgIpc) is 3.45. The predicted molar refractivity (Wildman–Crippen MR) is 108 cm³/mol. The van der Waals surface area contributed by atoms with Crippen LogP contribution >= 0.6 is 11.3 Å². The highest BCUT2D eigenvalue weighted by molar-refractivity contribution is 7.13. The summed E-state index contributed by atoms with van der Waals surface area (Å²) < 4.78 is 11.0. The van der Waals surface area contributed by atoms with Gasteiger partial charge in [0.25, 0.3) is 5.91 Å². The normalized spacial score (nSPS) is 13.2. The highest BCUT2D eigenvalue weighted by Crippen LogP contribution is 2.32. The first-order valence-corrected chi connectivity index (χ1v) is 10.1. The molecular weight excluding hydrogens is 374 g/mol. The lowest BCUT2D eigenvalue weighted by molar-refractivity contribution is 0.0946. The fourth-order valence-corrected chi connectivity index (χ4v) is 3.51. The Kier molecular flexibility index (Phi) is 5.53. The molecule has 144 valence electrons. The number of aromatic nitrogens is 2. The number of carbonyl (C=O) groups excluding carboxylic acids is 1. The first-order valence-electron chi connectivity index (χ1n) is 9.18. The van der Waals surface area contributed by atoms with Gasteiger partial charge in [-0.25, -0.2) is 9.97 Å². The predicted octanol–water partition coefficient (Wildman–Crippen LogP) is 3.93.